The number of carbonyl (C=O) groups is 1. The molecule has 22 heavy (non-hydrogen) atoms. The third-order valence-corrected chi connectivity index (χ3v) is 3.78. The van der Waals surface area contributed by atoms with Gasteiger partial charge >= 0.3 is 5.97 Å². The molecule has 4 nitrogen and oxygen atoms in total. The van der Waals surface area contributed by atoms with Crippen molar-refractivity contribution in [3.63, 3.8) is 0 Å². The Balaban J connectivity index is 1.48. The predicted molar refractivity (Wildman–Crippen MR) is 85.4 cm³/mol. The van der Waals surface area contributed by atoms with Crippen LogP contribution in [0, 0.1) is 0 Å². The van der Waals surface area contributed by atoms with Crippen molar-refractivity contribution in [2.45, 2.75) is 51.4 Å². The Hall–Kier alpha value is -1.97. The van der Waals surface area contributed by atoms with Gasteiger partial charge in [-0.3, -0.25) is 0 Å². The topological polar surface area (TPSA) is 55.8 Å². The van der Waals surface area contributed by atoms with E-state index in [9.17, 15) is 4.79 Å². The van der Waals surface area contributed by atoms with E-state index in [4.69, 9.17) is 14.6 Å². The van der Waals surface area contributed by atoms with E-state index < -0.39 is 5.97 Å². The first-order valence-electron chi connectivity index (χ1n) is 8.04. The van der Waals surface area contributed by atoms with E-state index >= 15 is 0 Å². The maximum Gasteiger partial charge on any atom is 0.327 e. The molecule has 120 valence electrons. The van der Waals surface area contributed by atoms with Crippen LogP contribution in [-0.4, -0.2) is 17.9 Å². The van der Waals surface area contributed by atoms with Gasteiger partial charge in [0.15, 0.2) is 11.5 Å². The van der Waals surface area contributed by atoms with Crippen LogP contribution >= 0.6 is 0 Å². The number of aliphatic carboxylic acids is 1. The number of unbranched alkanes of at least 4 members (excludes halogenated alkanes) is 6. The highest BCUT2D eigenvalue weighted by atomic mass is 16.7. The van der Waals surface area contributed by atoms with Gasteiger partial charge in [-0.05, 0) is 43.4 Å². The fourth-order valence-electron chi connectivity index (χ4n) is 2.58. The first kappa shape index (κ1) is 16.4. The Morgan fingerprint density at radius 1 is 1.05 bits per heavy atom. The van der Waals surface area contributed by atoms with Crippen LogP contribution in [0.4, 0.5) is 0 Å². The summed E-state index contributed by atoms with van der Waals surface area (Å²) in [7, 11) is 0. The average Bonchev–Trinajstić information content (AvgIpc) is 2.96. The lowest BCUT2D eigenvalue weighted by Gasteiger charge is -2.03. The molecular weight excluding hydrogens is 280 g/mol. The molecule has 2 rings (SSSR count). The van der Waals surface area contributed by atoms with Crippen LogP contribution in [-0.2, 0) is 11.2 Å². The molecule has 1 N–H and O–H groups in total. The van der Waals surface area contributed by atoms with E-state index in [1.54, 1.807) is 6.08 Å². The van der Waals surface area contributed by atoms with Gasteiger partial charge in [0.25, 0.3) is 0 Å². The van der Waals surface area contributed by atoms with E-state index in [-0.39, 0.29) is 0 Å². The Labute approximate surface area is 131 Å². The number of aryl methyl sites for hydroxylation is 1. The minimum absolute atomic E-state index is 0.334. The van der Waals surface area contributed by atoms with Crippen LogP contribution in [0.3, 0.4) is 0 Å². The van der Waals surface area contributed by atoms with E-state index in [1.165, 1.54) is 43.7 Å². The Bertz CT molecular complexity index is 508. The predicted octanol–water partition coefficient (Wildman–Crippen LogP) is 4.33. The van der Waals surface area contributed by atoms with Crippen molar-refractivity contribution < 1.29 is 19.4 Å². The van der Waals surface area contributed by atoms with E-state index in [1.807, 2.05) is 6.07 Å². The van der Waals surface area contributed by atoms with Gasteiger partial charge in [0.2, 0.25) is 6.79 Å². The summed E-state index contributed by atoms with van der Waals surface area (Å²) in [5.41, 5.74) is 1.31. The largest absolute Gasteiger partial charge is 0.478 e. The number of carboxylic acid groups (broad SMARTS) is 1. The van der Waals surface area contributed by atoms with Crippen molar-refractivity contribution in [2.75, 3.05) is 6.79 Å². The zero-order chi connectivity index (χ0) is 15.6. The minimum atomic E-state index is -0.858. The molecule has 0 amide bonds. The number of ether oxygens (including phenoxy) is 2. The fraction of sp³-hybridized carbons (Fsp3) is 0.500. The second-order valence-corrected chi connectivity index (χ2v) is 5.59. The van der Waals surface area contributed by atoms with Crippen molar-refractivity contribution in [2.24, 2.45) is 0 Å². The van der Waals surface area contributed by atoms with Gasteiger partial charge in [-0.15, -0.1) is 0 Å². The molecule has 0 radical (unpaired) electrons. The molecule has 0 aromatic heterocycles. The molecule has 0 bridgehead atoms. The van der Waals surface area contributed by atoms with Crippen molar-refractivity contribution in [3.8, 4) is 11.5 Å². The Morgan fingerprint density at radius 3 is 2.59 bits per heavy atom. The average molecular weight is 304 g/mol. The number of carboxylic acids is 1. The number of hydrogen-bond donors (Lipinski definition) is 1. The molecule has 0 fully saturated rings. The van der Waals surface area contributed by atoms with Gasteiger partial charge in [-0.25, -0.2) is 4.79 Å². The SMILES string of the molecule is O=C(O)/C=C/CCCCCCCCc1ccc2c(c1)OCO2. The van der Waals surface area contributed by atoms with E-state index in [2.05, 4.69) is 12.1 Å². The zero-order valence-corrected chi connectivity index (χ0v) is 12.9. The van der Waals surface area contributed by atoms with Crippen molar-refractivity contribution in [1.29, 1.82) is 0 Å². The Kier molecular flexibility index (Phi) is 6.81. The maximum absolute atomic E-state index is 10.3. The number of rotatable bonds is 10. The number of fused-ring (bicyclic) bond motifs is 1. The van der Waals surface area contributed by atoms with Gasteiger partial charge in [0.1, 0.15) is 0 Å². The summed E-state index contributed by atoms with van der Waals surface area (Å²) >= 11 is 0. The van der Waals surface area contributed by atoms with Crippen LogP contribution in [0.2, 0.25) is 0 Å². The molecule has 1 aliphatic heterocycles. The number of hydrogen-bond acceptors (Lipinski definition) is 3. The summed E-state index contributed by atoms with van der Waals surface area (Å²) in [6.45, 7) is 0.334. The highest BCUT2D eigenvalue weighted by Crippen LogP contribution is 2.32. The minimum Gasteiger partial charge on any atom is -0.478 e. The lowest BCUT2D eigenvalue weighted by atomic mass is 10.0. The number of allylic oxidation sites excluding steroid dienone is 1. The zero-order valence-electron chi connectivity index (χ0n) is 12.9. The summed E-state index contributed by atoms with van der Waals surface area (Å²) in [6.07, 6.45) is 12.1. The molecular formula is C18H24O4. The lowest BCUT2D eigenvalue weighted by molar-refractivity contribution is -0.131. The van der Waals surface area contributed by atoms with Crippen LogP contribution in [0.25, 0.3) is 0 Å². The Morgan fingerprint density at radius 2 is 1.77 bits per heavy atom. The second kappa shape index (κ2) is 9.13. The van der Waals surface area contributed by atoms with Crippen molar-refractivity contribution in [3.05, 3.63) is 35.9 Å². The molecule has 0 atom stereocenters. The quantitative estimate of drug-likeness (QED) is 0.516. The lowest BCUT2D eigenvalue weighted by Crippen LogP contribution is -1.93. The highest BCUT2D eigenvalue weighted by Gasteiger charge is 2.12. The van der Waals surface area contributed by atoms with Gasteiger partial charge in [0, 0.05) is 6.08 Å². The molecule has 1 aromatic carbocycles. The summed E-state index contributed by atoms with van der Waals surface area (Å²) in [4.78, 5) is 10.3. The van der Waals surface area contributed by atoms with Crippen LogP contribution in [0.5, 0.6) is 11.5 Å². The van der Waals surface area contributed by atoms with Crippen LogP contribution in [0.15, 0.2) is 30.4 Å². The summed E-state index contributed by atoms with van der Waals surface area (Å²) in [6, 6.07) is 6.18. The molecule has 0 spiro atoms. The first-order valence-corrected chi connectivity index (χ1v) is 8.04. The molecule has 0 unspecified atom stereocenters. The fourth-order valence-corrected chi connectivity index (χ4v) is 2.58. The summed E-state index contributed by atoms with van der Waals surface area (Å²) < 4.78 is 10.7. The molecule has 0 saturated carbocycles. The van der Waals surface area contributed by atoms with E-state index in [0.717, 1.165) is 30.8 Å². The normalized spacial score (nSPS) is 12.9. The standard InChI is InChI=1S/C18H24O4/c19-18(20)10-8-6-4-2-1-3-5-7-9-15-11-12-16-17(13-15)22-14-21-16/h8,10-13H,1-7,9,14H2,(H,19,20)/b10-8+. The van der Waals surface area contributed by atoms with Gasteiger partial charge in [-0.2, -0.15) is 0 Å². The van der Waals surface area contributed by atoms with Gasteiger partial charge < -0.3 is 14.6 Å². The maximum atomic E-state index is 10.3. The monoisotopic (exact) mass is 304 g/mol. The molecule has 1 aromatic rings. The van der Waals surface area contributed by atoms with Gasteiger partial charge in [0.05, 0.1) is 0 Å². The summed E-state index contributed by atoms with van der Waals surface area (Å²) in [5.74, 6) is 0.858. The molecule has 0 aliphatic carbocycles. The second-order valence-electron chi connectivity index (χ2n) is 5.59. The van der Waals surface area contributed by atoms with Crippen molar-refractivity contribution >= 4 is 5.97 Å². The molecule has 1 aliphatic rings. The van der Waals surface area contributed by atoms with E-state index in [0.29, 0.717) is 6.79 Å². The smallest absolute Gasteiger partial charge is 0.327 e. The van der Waals surface area contributed by atoms with Crippen LogP contribution in [0.1, 0.15) is 50.5 Å². The van der Waals surface area contributed by atoms with Crippen molar-refractivity contribution in [1.82, 2.24) is 0 Å². The number of benzene rings is 1. The van der Waals surface area contributed by atoms with Crippen LogP contribution < -0.4 is 9.47 Å². The highest BCUT2D eigenvalue weighted by molar-refractivity contribution is 5.79. The summed E-state index contributed by atoms with van der Waals surface area (Å²) in [5, 5.41) is 8.46. The molecule has 0 saturated heterocycles. The van der Waals surface area contributed by atoms with Gasteiger partial charge in [-0.1, -0.05) is 37.8 Å². The molecule has 4 heteroatoms. The third kappa shape index (κ3) is 5.80. The molecule has 1 heterocycles. The third-order valence-electron chi connectivity index (χ3n) is 3.78. The first-order chi connectivity index (χ1) is 10.8.